The summed E-state index contributed by atoms with van der Waals surface area (Å²) in [6.45, 7) is 0.0656. The highest BCUT2D eigenvalue weighted by molar-refractivity contribution is 5.33. The first-order chi connectivity index (χ1) is 7.72. The summed E-state index contributed by atoms with van der Waals surface area (Å²) in [6.07, 6.45) is 2.08. The molecule has 0 radical (unpaired) electrons. The third-order valence-corrected chi connectivity index (χ3v) is 2.33. The van der Waals surface area contributed by atoms with Gasteiger partial charge in [0.15, 0.2) is 0 Å². The fraction of sp³-hybridized carbons (Fsp3) is 0.500. The average Bonchev–Trinajstić information content (AvgIpc) is 2.24. The van der Waals surface area contributed by atoms with Gasteiger partial charge in [0.25, 0.3) is 0 Å². The lowest BCUT2D eigenvalue weighted by Gasteiger charge is -2.23. The van der Waals surface area contributed by atoms with Gasteiger partial charge in [-0.2, -0.15) is 15.3 Å². The Morgan fingerprint density at radius 1 is 1.50 bits per heavy atom. The van der Waals surface area contributed by atoms with Gasteiger partial charge in [0.2, 0.25) is 0 Å². The van der Waals surface area contributed by atoms with E-state index >= 15 is 0 Å². The van der Waals surface area contributed by atoms with Crippen LogP contribution in [0.2, 0.25) is 0 Å². The zero-order chi connectivity index (χ0) is 12.0. The fourth-order valence-corrected chi connectivity index (χ4v) is 1.67. The van der Waals surface area contributed by atoms with Crippen LogP contribution in [0.4, 0.5) is 0 Å². The van der Waals surface area contributed by atoms with E-state index in [-0.39, 0.29) is 19.0 Å². The van der Waals surface area contributed by atoms with Crippen molar-refractivity contribution in [3.63, 3.8) is 0 Å². The zero-order valence-electron chi connectivity index (χ0n) is 8.51. The van der Waals surface area contributed by atoms with Crippen molar-refractivity contribution < 1.29 is 0 Å². The Morgan fingerprint density at radius 2 is 2.25 bits per heavy atom. The fourth-order valence-electron chi connectivity index (χ4n) is 1.67. The van der Waals surface area contributed by atoms with Crippen LogP contribution in [-0.2, 0) is 0 Å². The highest BCUT2D eigenvalue weighted by Crippen LogP contribution is 2.26. The molecular formula is C8H12N6O2. The Labute approximate surface area is 91.4 Å². The molecule has 1 unspecified atom stereocenters. The largest absolute Gasteiger partial charge is 0.397 e. The Morgan fingerprint density at radius 3 is 2.81 bits per heavy atom. The van der Waals surface area contributed by atoms with Crippen molar-refractivity contribution in [2.45, 2.75) is 6.42 Å². The lowest BCUT2D eigenvalue weighted by molar-refractivity contribution is 0.537. The molecule has 86 valence electrons. The van der Waals surface area contributed by atoms with Gasteiger partial charge in [0.1, 0.15) is 6.54 Å². The number of allylic oxidation sites excluding steroid dienone is 1. The summed E-state index contributed by atoms with van der Waals surface area (Å²) in [6, 6.07) is 0. The Hall–Kier alpha value is -2.12. The van der Waals surface area contributed by atoms with Gasteiger partial charge in [-0.3, -0.25) is 5.43 Å². The van der Waals surface area contributed by atoms with Gasteiger partial charge in [-0.25, -0.2) is 0 Å². The Bertz CT molecular complexity index is 362. The topological polar surface area (TPSA) is 133 Å². The molecule has 4 N–H and O–H groups in total. The molecule has 1 aliphatic carbocycles. The van der Waals surface area contributed by atoms with Crippen LogP contribution >= 0.6 is 0 Å². The van der Waals surface area contributed by atoms with Crippen molar-refractivity contribution in [2.75, 3.05) is 13.1 Å². The van der Waals surface area contributed by atoms with Crippen molar-refractivity contribution in [1.29, 1.82) is 5.53 Å². The van der Waals surface area contributed by atoms with E-state index in [9.17, 15) is 9.81 Å². The standard InChI is InChI=1S/C8H12N6O2/c9-7-2-5(3-11-15)1-6(4-12-16)8(7)13-14-10/h2,6H,1,3-4,9H2,(H2,10,13). The normalized spacial score (nSPS) is 20.0. The monoisotopic (exact) mass is 224 g/mol. The van der Waals surface area contributed by atoms with E-state index in [0.29, 0.717) is 17.8 Å². The van der Waals surface area contributed by atoms with Crippen LogP contribution in [-0.4, -0.2) is 13.1 Å². The van der Waals surface area contributed by atoms with E-state index in [1.165, 1.54) is 0 Å². The molecule has 8 heteroatoms. The highest BCUT2D eigenvalue weighted by atomic mass is 16.3. The quantitative estimate of drug-likeness (QED) is 0.354. The first-order valence-electron chi connectivity index (χ1n) is 4.62. The molecule has 0 saturated heterocycles. The molecule has 0 amide bonds. The first kappa shape index (κ1) is 12.0. The van der Waals surface area contributed by atoms with Crippen molar-refractivity contribution in [1.82, 2.24) is 5.43 Å². The molecular weight excluding hydrogens is 212 g/mol. The number of nitrogens with one attached hydrogen (secondary N) is 2. The van der Waals surface area contributed by atoms with E-state index in [2.05, 4.69) is 21.0 Å². The van der Waals surface area contributed by atoms with E-state index in [1.54, 1.807) is 6.08 Å². The molecule has 0 aliphatic heterocycles. The van der Waals surface area contributed by atoms with E-state index in [0.717, 1.165) is 5.57 Å². The highest BCUT2D eigenvalue weighted by Gasteiger charge is 2.23. The molecule has 1 aliphatic rings. The molecule has 16 heavy (non-hydrogen) atoms. The zero-order valence-corrected chi connectivity index (χ0v) is 8.51. The van der Waals surface area contributed by atoms with Crippen LogP contribution < -0.4 is 11.2 Å². The van der Waals surface area contributed by atoms with Crippen molar-refractivity contribution in [2.24, 2.45) is 27.2 Å². The number of nitroso groups, excluding NO2 is 2. The minimum atomic E-state index is -0.270. The summed E-state index contributed by atoms with van der Waals surface area (Å²) >= 11 is 0. The molecule has 0 spiro atoms. The number of hydrogen-bond acceptors (Lipinski definition) is 7. The summed E-state index contributed by atoms with van der Waals surface area (Å²) in [5.41, 5.74) is 16.4. The van der Waals surface area contributed by atoms with Crippen LogP contribution in [0.5, 0.6) is 0 Å². The third kappa shape index (κ3) is 2.69. The lowest BCUT2D eigenvalue weighted by Crippen LogP contribution is -2.26. The number of nitrogens with two attached hydrogens (primary N) is 1. The van der Waals surface area contributed by atoms with Crippen LogP contribution in [0.25, 0.3) is 0 Å². The van der Waals surface area contributed by atoms with Gasteiger partial charge in [-0.1, -0.05) is 15.6 Å². The summed E-state index contributed by atoms with van der Waals surface area (Å²) in [5.74, 6) is -0.270. The minimum Gasteiger partial charge on any atom is -0.397 e. The van der Waals surface area contributed by atoms with Gasteiger partial charge in [0.05, 0.1) is 17.9 Å². The van der Waals surface area contributed by atoms with Gasteiger partial charge in [-0.15, -0.1) is 0 Å². The van der Waals surface area contributed by atoms with Gasteiger partial charge in [-0.05, 0) is 18.1 Å². The molecule has 0 heterocycles. The SMILES string of the molecule is N=NNC1=C(N)C=C(CN=O)CC1CN=O. The van der Waals surface area contributed by atoms with E-state index < -0.39 is 0 Å². The van der Waals surface area contributed by atoms with Gasteiger partial charge < -0.3 is 5.73 Å². The summed E-state index contributed by atoms with van der Waals surface area (Å²) in [4.78, 5) is 20.4. The minimum absolute atomic E-state index is 0.0226. The predicted octanol–water partition coefficient (Wildman–Crippen LogP) is 1.17. The second-order valence-corrected chi connectivity index (χ2v) is 3.40. The molecule has 8 nitrogen and oxygen atoms in total. The predicted molar refractivity (Wildman–Crippen MR) is 57.0 cm³/mol. The molecule has 0 aromatic carbocycles. The van der Waals surface area contributed by atoms with Crippen molar-refractivity contribution >= 4 is 0 Å². The average molecular weight is 224 g/mol. The second-order valence-electron chi connectivity index (χ2n) is 3.40. The number of rotatable bonds is 6. The number of hydrogen-bond donors (Lipinski definition) is 3. The summed E-state index contributed by atoms with van der Waals surface area (Å²) < 4.78 is 0. The van der Waals surface area contributed by atoms with Crippen LogP contribution in [0.3, 0.4) is 0 Å². The lowest BCUT2D eigenvalue weighted by atomic mass is 9.90. The molecule has 0 aromatic heterocycles. The number of nitrogens with zero attached hydrogens (tertiary/aromatic N) is 3. The van der Waals surface area contributed by atoms with Crippen LogP contribution in [0.1, 0.15) is 6.42 Å². The van der Waals surface area contributed by atoms with Gasteiger partial charge >= 0.3 is 0 Å². The van der Waals surface area contributed by atoms with Crippen molar-refractivity contribution in [3.8, 4) is 0 Å². The summed E-state index contributed by atoms with van der Waals surface area (Å²) in [5, 5.41) is 8.59. The molecule has 1 atom stereocenters. The van der Waals surface area contributed by atoms with Crippen LogP contribution in [0, 0.1) is 21.3 Å². The summed E-state index contributed by atoms with van der Waals surface area (Å²) in [7, 11) is 0. The Kier molecular flexibility index (Phi) is 4.25. The van der Waals surface area contributed by atoms with Crippen LogP contribution in [0.15, 0.2) is 38.6 Å². The van der Waals surface area contributed by atoms with E-state index in [1.807, 2.05) is 0 Å². The Balaban J connectivity index is 2.94. The van der Waals surface area contributed by atoms with E-state index in [4.69, 9.17) is 11.3 Å². The smallest absolute Gasteiger partial charge is 0.103 e. The van der Waals surface area contributed by atoms with Crippen molar-refractivity contribution in [3.05, 3.63) is 32.9 Å². The maximum Gasteiger partial charge on any atom is 0.103 e. The third-order valence-electron chi connectivity index (χ3n) is 2.33. The molecule has 0 bridgehead atoms. The molecule has 1 rings (SSSR count). The maximum absolute atomic E-state index is 10.3. The second kappa shape index (κ2) is 5.69. The molecule has 0 saturated carbocycles. The van der Waals surface area contributed by atoms with Gasteiger partial charge in [0, 0.05) is 5.92 Å². The molecule has 0 aromatic rings. The maximum atomic E-state index is 10.3. The first-order valence-corrected chi connectivity index (χ1v) is 4.62. The molecule has 0 fully saturated rings.